The fraction of sp³-hybridized carbons (Fsp3) is 0.533. The quantitative estimate of drug-likeness (QED) is 0.857. The predicted octanol–water partition coefficient (Wildman–Crippen LogP) is 2.50. The van der Waals surface area contributed by atoms with Crippen molar-refractivity contribution in [1.29, 1.82) is 0 Å². The summed E-state index contributed by atoms with van der Waals surface area (Å²) >= 11 is 0. The van der Waals surface area contributed by atoms with Gasteiger partial charge >= 0.3 is 0 Å². The van der Waals surface area contributed by atoms with Crippen molar-refractivity contribution < 1.29 is 9.53 Å². The van der Waals surface area contributed by atoms with Crippen LogP contribution in [0.15, 0.2) is 18.2 Å². The summed E-state index contributed by atoms with van der Waals surface area (Å²) in [6, 6.07) is 5.89. The molecule has 4 nitrogen and oxygen atoms in total. The van der Waals surface area contributed by atoms with E-state index in [0.29, 0.717) is 18.2 Å². The number of hydrogen-bond acceptors (Lipinski definition) is 3. The van der Waals surface area contributed by atoms with Gasteiger partial charge in [0.2, 0.25) is 5.91 Å². The number of carbonyl (C=O) groups excluding carboxylic acids is 1. The molecule has 104 valence electrons. The van der Waals surface area contributed by atoms with Crippen LogP contribution in [0.1, 0.15) is 38.2 Å². The summed E-state index contributed by atoms with van der Waals surface area (Å²) in [6.45, 7) is 4.66. The maximum atomic E-state index is 12.2. The number of methoxy groups -OCH3 is 1. The number of ether oxygens (including phenoxy) is 1. The first-order chi connectivity index (χ1) is 9.02. The molecule has 0 heterocycles. The Morgan fingerprint density at radius 3 is 2.63 bits per heavy atom. The lowest BCUT2D eigenvalue weighted by molar-refractivity contribution is -0.120. The van der Waals surface area contributed by atoms with Gasteiger partial charge in [0.1, 0.15) is 5.75 Å². The maximum Gasteiger partial charge on any atom is 0.231 e. The molecule has 2 rings (SSSR count). The highest BCUT2D eigenvalue weighted by Gasteiger charge is 2.48. The third-order valence-corrected chi connectivity index (χ3v) is 3.87. The number of carbonyl (C=O) groups is 1. The Morgan fingerprint density at radius 1 is 1.47 bits per heavy atom. The molecule has 0 atom stereocenters. The van der Waals surface area contributed by atoms with Crippen molar-refractivity contribution >= 4 is 11.6 Å². The number of anilines is 1. The summed E-state index contributed by atoms with van der Waals surface area (Å²) in [4.78, 5) is 12.2. The van der Waals surface area contributed by atoms with Crippen molar-refractivity contribution in [1.82, 2.24) is 0 Å². The molecule has 0 aliphatic heterocycles. The Balaban J connectivity index is 2.18. The lowest BCUT2D eigenvalue weighted by Crippen LogP contribution is -2.30. The van der Waals surface area contributed by atoms with Crippen LogP contribution < -0.4 is 15.8 Å². The van der Waals surface area contributed by atoms with E-state index in [1.807, 2.05) is 18.2 Å². The molecular formula is C15H22N2O2. The molecule has 0 spiro atoms. The normalized spacial score (nSPS) is 16.3. The van der Waals surface area contributed by atoms with Gasteiger partial charge in [-0.2, -0.15) is 0 Å². The standard InChI is InChI=1S/C15H22N2O2/c1-10(2)11-4-5-12(13(8-11)19-3)17-14(18)15(9-16)6-7-15/h4-5,8,10H,6-7,9,16H2,1-3H3,(H,17,18). The fourth-order valence-electron chi connectivity index (χ4n) is 2.10. The van der Waals surface area contributed by atoms with Crippen LogP contribution in [0.3, 0.4) is 0 Å². The summed E-state index contributed by atoms with van der Waals surface area (Å²) in [5.41, 5.74) is 7.23. The average Bonchev–Trinajstić information content (AvgIpc) is 3.19. The van der Waals surface area contributed by atoms with Gasteiger partial charge in [-0.15, -0.1) is 0 Å². The van der Waals surface area contributed by atoms with Gasteiger partial charge in [-0.3, -0.25) is 4.79 Å². The third kappa shape index (κ3) is 2.73. The SMILES string of the molecule is COc1cc(C(C)C)ccc1NC(=O)C1(CN)CC1. The maximum absolute atomic E-state index is 12.2. The van der Waals surface area contributed by atoms with Gasteiger partial charge in [0.25, 0.3) is 0 Å². The third-order valence-electron chi connectivity index (χ3n) is 3.87. The first-order valence-corrected chi connectivity index (χ1v) is 6.72. The first-order valence-electron chi connectivity index (χ1n) is 6.72. The van der Waals surface area contributed by atoms with E-state index in [9.17, 15) is 4.79 Å². The van der Waals surface area contributed by atoms with Crippen LogP contribution in [0.5, 0.6) is 5.75 Å². The highest BCUT2D eigenvalue weighted by molar-refractivity contribution is 5.98. The van der Waals surface area contributed by atoms with Crippen molar-refractivity contribution in [3.05, 3.63) is 23.8 Å². The summed E-state index contributed by atoms with van der Waals surface area (Å²) in [5.74, 6) is 1.13. The molecule has 0 radical (unpaired) electrons. The molecule has 4 heteroatoms. The lowest BCUT2D eigenvalue weighted by Gasteiger charge is -2.16. The fourth-order valence-corrected chi connectivity index (χ4v) is 2.10. The highest BCUT2D eigenvalue weighted by Crippen LogP contribution is 2.45. The number of rotatable bonds is 5. The monoisotopic (exact) mass is 262 g/mol. The van der Waals surface area contributed by atoms with Gasteiger partial charge in [-0.1, -0.05) is 19.9 Å². The second-order valence-corrected chi connectivity index (χ2v) is 5.55. The minimum atomic E-state index is -0.346. The van der Waals surface area contributed by atoms with Crippen molar-refractivity contribution in [2.24, 2.45) is 11.1 Å². The Kier molecular flexibility index (Phi) is 3.80. The van der Waals surface area contributed by atoms with Crippen LogP contribution in [0.25, 0.3) is 0 Å². The molecule has 1 amide bonds. The topological polar surface area (TPSA) is 64.3 Å². The second-order valence-electron chi connectivity index (χ2n) is 5.55. The molecule has 1 aliphatic carbocycles. The number of amides is 1. The van der Waals surface area contributed by atoms with E-state index in [1.165, 1.54) is 5.56 Å². The van der Waals surface area contributed by atoms with Crippen molar-refractivity contribution in [2.75, 3.05) is 19.0 Å². The minimum absolute atomic E-state index is 0.00518. The second kappa shape index (κ2) is 5.21. The van der Waals surface area contributed by atoms with E-state index in [4.69, 9.17) is 10.5 Å². The largest absolute Gasteiger partial charge is 0.495 e. The van der Waals surface area contributed by atoms with Crippen molar-refractivity contribution in [3.63, 3.8) is 0 Å². The molecule has 1 saturated carbocycles. The number of nitrogens with one attached hydrogen (secondary N) is 1. The van der Waals surface area contributed by atoms with Crippen LogP contribution in [-0.4, -0.2) is 19.6 Å². The summed E-state index contributed by atoms with van der Waals surface area (Å²) in [5, 5.41) is 2.94. The van der Waals surface area contributed by atoms with Crippen molar-refractivity contribution in [2.45, 2.75) is 32.6 Å². The first kappa shape index (κ1) is 13.9. The molecule has 3 N–H and O–H groups in total. The van der Waals surface area contributed by atoms with Crippen molar-refractivity contribution in [3.8, 4) is 5.75 Å². The number of hydrogen-bond donors (Lipinski definition) is 2. The van der Waals surface area contributed by atoms with Crippen LogP contribution in [-0.2, 0) is 4.79 Å². The molecule has 1 fully saturated rings. The predicted molar refractivity (Wildman–Crippen MR) is 76.4 cm³/mol. The molecule has 1 aliphatic rings. The zero-order valence-corrected chi connectivity index (χ0v) is 11.8. The molecule has 19 heavy (non-hydrogen) atoms. The van der Waals surface area contributed by atoms with Crippen LogP contribution in [0, 0.1) is 5.41 Å². The van der Waals surface area contributed by atoms with Crippen LogP contribution in [0.2, 0.25) is 0 Å². The van der Waals surface area contributed by atoms with Gasteiger partial charge in [-0.05, 0) is 36.5 Å². The van der Waals surface area contributed by atoms with Gasteiger partial charge in [-0.25, -0.2) is 0 Å². The van der Waals surface area contributed by atoms with E-state index in [0.717, 1.165) is 18.5 Å². The molecule has 0 aromatic heterocycles. The van der Waals surface area contributed by atoms with Gasteiger partial charge in [0.05, 0.1) is 18.2 Å². The summed E-state index contributed by atoms with van der Waals surface area (Å²) in [7, 11) is 1.62. The van der Waals surface area contributed by atoms with E-state index < -0.39 is 0 Å². The summed E-state index contributed by atoms with van der Waals surface area (Å²) in [6.07, 6.45) is 1.75. The van der Waals surface area contributed by atoms with Gasteiger partial charge in [0.15, 0.2) is 0 Å². The van der Waals surface area contributed by atoms with E-state index in [2.05, 4.69) is 19.2 Å². The molecular weight excluding hydrogens is 240 g/mol. The molecule has 0 saturated heterocycles. The van der Waals surface area contributed by atoms with Crippen LogP contribution >= 0.6 is 0 Å². The molecule has 1 aromatic carbocycles. The lowest BCUT2D eigenvalue weighted by atomic mass is 10.0. The zero-order chi connectivity index (χ0) is 14.0. The Bertz CT molecular complexity index is 479. The van der Waals surface area contributed by atoms with Gasteiger partial charge in [0, 0.05) is 6.54 Å². The summed E-state index contributed by atoms with van der Waals surface area (Å²) < 4.78 is 5.36. The zero-order valence-electron chi connectivity index (χ0n) is 11.8. The number of nitrogens with two attached hydrogens (primary N) is 1. The van der Waals surface area contributed by atoms with E-state index in [-0.39, 0.29) is 11.3 Å². The van der Waals surface area contributed by atoms with E-state index in [1.54, 1.807) is 7.11 Å². The van der Waals surface area contributed by atoms with E-state index >= 15 is 0 Å². The Hall–Kier alpha value is -1.55. The molecule has 1 aromatic rings. The van der Waals surface area contributed by atoms with Gasteiger partial charge < -0.3 is 15.8 Å². The number of benzene rings is 1. The Morgan fingerprint density at radius 2 is 2.16 bits per heavy atom. The average molecular weight is 262 g/mol. The van der Waals surface area contributed by atoms with Crippen LogP contribution in [0.4, 0.5) is 5.69 Å². The Labute approximate surface area is 114 Å². The minimum Gasteiger partial charge on any atom is -0.495 e. The highest BCUT2D eigenvalue weighted by atomic mass is 16.5. The molecule has 0 bridgehead atoms. The molecule has 0 unspecified atom stereocenters. The smallest absolute Gasteiger partial charge is 0.231 e.